The average molecular weight is 352 g/mol. The molecule has 2 aromatic carbocycles. The quantitative estimate of drug-likeness (QED) is 0.497. The minimum absolute atomic E-state index is 0.00473. The molecule has 1 heterocycles. The summed E-state index contributed by atoms with van der Waals surface area (Å²) in [5, 5.41) is 10.9. The lowest BCUT2D eigenvalue weighted by Gasteiger charge is -2.06. The van der Waals surface area contributed by atoms with Crippen LogP contribution in [-0.4, -0.2) is 5.11 Å². The molecular formula is C14H9IO3. The van der Waals surface area contributed by atoms with Gasteiger partial charge < -0.3 is 9.52 Å². The highest BCUT2D eigenvalue weighted by Crippen LogP contribution is 2.32. The first-order valence-corrected chi connectivity index (χ1v) is 6.51. The summed E-state index contributed by atoms with van der Waals surface area (Å²) in [7, 11) is 0. The molecule has 0 spiro atoms. The number of aromatic hydroxyl groups is 1. The lowest BCUT2D eigenvalue weighted by atomic mass is 10.1. The standard InChI is InChI=1S/C14H9IO3/c1-7-6-10-11(14(17)12(7)15)13(16)8-4-2-3-5-9(8)18-10/h2-6,17H,1H3. The van der Waals surface area contributed by atoms with Gasteiger partial charge in [0.1, 0.15) is 22.3 Å². The fourth-order valence-electron chi connectivity index (χ4n) is 2.04. The molecule has 0 saturated carbocycles. The number of phenolic OH excluding ortho intramolecular Hbond substituents is 1. The van der Waals surface area contributed by atoms with E-state index in [1.54, 1.807) is 24.3 Å². The highest BCUT2D eigenvalue weighted by atomic mass is 127. The molecule has 0 fully saturated rings. The maximum atomic E-state index is 12.3. The van der Waals surface area contributed by atoms with Gasteiger partial charge in [-0.2, -0.15) is 0 Å². The molecule has 0 amide bonds. The van der Waals surface area contributed by atoms with Crippen molar-refractivity contribution in [2.75, 3.05) is 0 Å². The summed E-state index contributed by atoms with van der Waals surface area (Å²) in [6, 6.07) is 8.83. The summed E-state index contributed by atoms with van der Waals surface area (Å²) in [4.78, 5) is 12.3. The maximum absolute atomic E-state index is 12.3. The third-order valence-electron chi connectivity index (χ3n) is 2.96. The molecule has 3 rings (SSSR count). The van der Waals surface area contributed by atoms with Crippen LogP contribution in [0.4, 0.5) is 0 Å². The van der Waals surface area contributed by atoms with Gasteiger partial charge >= 0.3 is 0 Å². The van der Waals surface area contributed by atoms with Crippen molar-refractivity contribution < 1.29 is 9.52 Å². The van der Waals surface area contributed by atoms with Crippen molar-refractivity contribution in [3.05, 3.63) is 49.7 Å². The summed E-state index contributed by atoms with van der Waals surface area (Å²) < 4.78 is 6.36. The summed E-state index contributed by atoms with van der Waals surface area (Å²) in [5.41, 5.74) is 1.66. The van der Waals surface area contributed by atoms with E-state index in [4.69, 9.17) is 4.42 Å². The number of phenols is 1. The van der Waals surface area contributed by atoms with Crippen LogP contribution in [0.1, 0.15) is 5.56 Å². The van der Waals surface area contributed by atoms with E-state index in [-0.39, 0.29) is 16.6 Å². The molecule has 0 radical (unpaired) electrons. The normalized spacial score (nSPS) is 11.2. The van der Waals surface area contributed by atoms with E-state index < -0.39 is 0 Å². The predicted molar refractivity (Wildman–Crippen MR) is 79.1 cm³/mol. The maximum Gasteiger partial charge on any atom is 0.204 e. The summed E-state index contributed by atoms with van der Waals surface area (Å²) in [6.07, 6.45) is 0. The molecule has 1 aromatic heterocycles. The molecule has 0 atom stereocenters. The Morgan fingerprint density at radius 1 is 1.22 bits per heavy atom. The van der Waals surface area contributed by atoms with Gasteiger partial charge in [-0.25, -0.2) is 0 Å². The first-order chi connectivity index (χ1) is 8.59. The van der Waals surface area contributed by atoms with Crippen LogP contribution in [-0.2, 0) is 0 Å². The number of hydrogen-bond acceptors (Lipinski definition) is 3. The first kappa shape index (κ1) is 11.5. The Kier molecular flexibility index (Phi) is 2.55. The molecule has 3 aromatic rings. The van der Waals surface area contributed by atoms with Crippen molar-refractivity contribution in [3.63, 3.8) is 0 Å². The Bertz CT molecular complexity index is 834. The highest BCUT2D eigenvalue weighted by molar-refractivity contribution is 14.1. The number of rotatable bonds is 0. The lowest BCUT2D eigenvalue weighted by Crippen LogP contribution is -2.03. The molecule has 0 bridgehead atoms. The second-order valence-electron chi connectivity index (χ2n) is 4.16. The molecule has 18 heavy (non-hydrogen) atoms. The number of hydrogen-bond donors (Lipinski definition) is 1. The minimum Gasteiger partial charge on any atom is -0.506 e. The number of fused-ring (bicyclic) bond motifs is 2. The van der Waals surface area contributed by atoms with Crippen LogP contribution in [0.5, 0.6) is 5.75 Å². The lowest BCUT2D eigenvalue weighted by molar-refractivity contribution is 0.476. The van der Waals surface area contributed by atoms with Gasteiger partial charge in [-0.3, -0.25) is 4.79 Å². The Morgan fingerprint density at radius 3 is 2.72 bits per heavy atom. The largest absolute Gasteiger partial charge is 0.506 e. The molecular weight excluding hydrogens is 343 g/mol. The van der Waals surface area contributed by atoms with Crippen LogP contribution >= 0.6 is 22.6 Å². The molecule has 0 unspecified atom stereocenters. The Hall–Kier alpha value is -1.56. The molecule has 1 N–H and O–H groups in total. The zero-order chi connectivity index (χ0) is 12.9. The summed E-state index contributed by atoms with van der Waals surface area (Å²) >= 11 is 2.03. The van der Waals surface area contributed by atoms with Gasteiger partial charge in [-0.1, -0.05) is 12.1 Å². The van der Waals surface area contributed by atoms with Crippen LogP contribution in [0.2, 0.25) is 0 Å². The van der Waals surface area contributed by atoms with E-state index in [0.29, 0.717) is 20.1 Å². The molecule has 4 heteroatoms. The zero-order valence-corrected chi connectivity index (χ0v) is 11.7. The van der Waals surface area contributed by atoms with Crippen LogP contribution < -0.4 is 5.43 Å². The topological polar surface area (TPSA) is 50.4 Å². The van der Waals surface area contributed by atoms with Crippen molar-refractivity contribution in [1.82, 2.24) is 0 Å². The fourth-order valence-corrected chi connectivity index (χ4v) is 2.47. The molecule has 0 aliphatic heterocycles. The van der Waals surface area contributed by atoms with Gasteiger partial charge in [-0.15, -0.1) is 0 Å². The first-order valence-electron chi connectivity index (χ1n) is 5.43. The van der Waals surface area contributed by atoms with E-state index in [1.807, 2.05) is 35.6 Å². The van der Waals surface area contributed by atoms with E-state index in [0.717, 1.165) is 5.56 Å². The summed E-state index contributed by atoms with van der Waals surface area (Å²) in [5.74, 6) is 0.00473. The van der Waals surface area contributed by atoms with Crippen molar-refractivity contribution >= 4 is 44.5 Å². The van der Waals surface area contributed by atoms with Crippen molar-refractivity contribution in [2.45, 2.75) is 6.92 Å². The SMILES string of the molecule is Cc1cc2oc3ccccc3c(=O)c2c(O)c1I. The monoisotopic (exact) mass is 352 g/mol. The number of benzene rings is 2. The van der Waals surface area contributed by atoms with E-state index in [9.17, 15) is 9.90 Å². The Balaban J connectivity index is 2.65. The van der Waals surface area contributed by atoms with Gasteiger partial charge in [0.2, 0.25) is 5.43 Å². The number of aryl methyl sites for hydroxylation is 1. The van der Waals surface area contributed by atoms with Gasteiger partial charge in [0.25, 0.3) is 0 Å². The van der Waals surface area contributed by atoms with Crippen molar-refractivity contribution in [2.24, 2.45) is 0 Å². The van der Waals surface area contributed by atoms with E-state index in [1.165, 1.54) is 0 Å². The third-order valence-corrected chi connectivity index (χ3v) is 4.33. The van der Waals surface area contributed by atoms with Crippen LogP contribution in [0.25, 0.3) is 21.9 Å². The van der Waals surface area contributed by atoms with Gasteiger partial charge in [-0.05, 0) is 53.3 Å². The van der Waals surface area contributed by atoms with Crippen molar-refractivity contribution in [1.29, 1.82) is 0 Å². The van der Waals surface area contributed by atoms with Gasteiger partial charge in [0.15, 0.2) is 0 Å². The van der Waals surface area contributed by atoms with E-state index in [2.05, 4.69) is 0 Å². The van der Waals surface area contributed by atoms with Crippen LogP contribution in [0.15, 0.2) is 39.5 Å². The molecule has 3 nitrogen and oxygen atoms in total. The number of halogens is 1. The summed E-state index contributed by atoms with van der Waals surface area (Å²) in [6.45, 7) is 1.87. The second-order valence-corrected chi connectivity index (χ2v) is 5.24. The molecule has 0 aliphatic carbocycles. The van der Waals surface area contributed by atoms with Crippen molar-refractivity contribution in [3.8, 4) is 5.75 Å². The smallest absolute Gasteiger partial charge is 0.204 e. The number of para-hydroxylation sites is 1. The molecule has 90 valence electrons. The molecule has 0 aliphatic rings. The average Bonchev–Trinajstić information content (AvgIpc) is 2.36. The third kappa shape index (κ3) is 1.52. The van der Waals surface area contributed by atoms with Crippen LogP contribution in [0, 0.1) is 10.5 Å². The molecule has 0 saturated heterocycles. The second kappa shape index (κ2) is 3.98. The minimum atomic E-state index is -0.192. The highest BCUT2D eigenvalue weighted by Gasteiger charge is 2.15. The predicted octanol–water partition coefficient (Wildman–Crippen LogP) is 3.56. The van der Waals surface area contributed by atoms with Crippen LogP contribution in [0.3, 0.4) is 0 Å². The fraction of sp³-hybridized carbons (Fsp3) is 0.0714. The Labute approximate surface area is 116 Å². The van der Waals surface area contributed by atoms with Gasteiger partial charge in [0.05, 0.1) is 8.96 Å². The van der Waals surface area contributed by atoms with E-state index >= 15 is 0 Å². The zero-order valence-electron chi connectivity index (χ0n) is 9.53. The van der Waals surface area contributed by atoms with Gasteiger partial charge in [0, 0.05) is 0 Å². The Morgan fingerprint density at radius 2 is 1.94 bits per heavy atom.